The van der Waals surface area contributed by atoms with Crippen molar-refractivity contribution in [3.63, 3.8) is 0 Å². The molecule has 6 rings (SSSR count). The molecule has 0 unspecified atom stereocenters. The van der Waals surface area contributed by atoms with Crippen molar-refractivity contribution in [2.75, 3.05) is 0 Å². The predicted octanol–water partition coefficient (Wildman–Crippen LogP) is 5.72. The average Bonchev–Trinajstić information content (AvgIpc) is 3.46. The van der Waals surface area contributed by atoms with Crippen molar-refractivity contribution in [1.29, 1.82) is 0 Å². The molecule has 0 saturated heterocycles. The van der Waals surface area contributed by atoms with Gasteiger partial charge in [0.05, 0.1) is 12.2 Å². The van der Waals surface area contributed by atoms with Gasteiger partial charge in [0.2, 0.25) is 0 Å². The van der Waals surface area contributed by atoms with Crippen LogP contribution < -0.4 is 20.6 Å². The third-order valence-electron chi connectivity index (χ3n) is 6.23. The summed E-state index contributed by atoms with van der Waals surface area (Å²) in [5, 5.41) is 21.6. The average molecular weight is 527 g/mol. The molecule has 0 fully saturated rings. The second-order valence-corrected chi connectivity index (χ2v) is 11.7. The summed E-state index contributed by atoms with van der Waals surface area (Å²) >= 11 is 0. The summed E-state index contributed by atoms with van der Waals surface area (Å²) in [5.74, 6) is 0.320. The van der Waals surface area contributed by atoms with Crippen LogP contribution in [0, 0.1) is 0 Å². The zero-order chi connectivity index (χ0) is 26.3. The van der Waals surface area contributed by atoms with Gasteiger partial charge >= 0.3 is 5.95 Å². The van der Waals surface area contributed by atoms with Crippen molar-refractivity contribution in [2.45, 2.75) is 0 Å². The molecule has 0 aliphatic rings. The molecule has 6 aromatic rings. The fourth-order valence-corrected chi connectivity index (χ4v) is 7.57. The van der Waals surface area contributed by atoms with Gasteiger partial charge in [-0.2, -0.15) is 0 Å². The molecule has 39 heavy (non-hydrogen) atoms. The smallest absolute Gasteiger partial charge is 0.127 e. The van der Waals surface area contributed by atoms with Crippen LogP contribution >= 0.6 is 7.05 Å². The van der Waals surface area contributed by atoms with Crippen molar-refractivity contribution in [3.05, 3.63) is 152 Å². The van der Waals surface area contributed by atoms with E-state index in [1.54, 1.807) is 9.48 Å². The van der Waals surface area contributed by atoms with Crippen LogP contribution in [0.25, 0.3) is 11.4 Å². The molecule has 8 heteroatoms. The second kappa shape index (κ2) is 11.2. The Balaban J connectivity index is 1.55. The molecule has 0 atom stereocenters. The molecular weight excluding hydrogens is 501 g/mol. The Labute approximate surface area is 226 Å². The molecule has 0 aliphatic heterocycles. The van der Waals surface area contributed by atoms with Gasteiger partial charge in [-0.15, -0.1) is 4.85 Å². The Kier molecular flexibility index (Phi) is 6.97. The van der Waals surface area contributed by atoms with E-state index in [1.165, 1.54) is 0 Å². The van der Waals surface area contributed by atoms with Crippen molar-refractivity contribution < 1.29 is 4.68 Å². The largest absolute Gasteiger partial charge is 0.463 e. The third kappa shape index (κ3) is 4.96. The van der Waals surface area contributed by atoms with E-state index in [0.29, 0.717) is 5.95 Å². The van der Waals surface area contributed by atoms with E-state index in [-0.39, 0.29) is 0 Å². The molecule has 0 spiro atoms. The molecular formula is C31H25N7P+. The van der Waals surface area contributed by atoms with Crippen LogP contribution in [0.15, 0.2) is 167 Å². The van der Waals surface area contributed by atoms with E-state index in [4.69, 9.17) is 4.85 Å². The highest BCUT2D eigenvalue weighted by Gasteiger charge is 2.28. The van der Waals surface area contributed by atoms with E-state index in [1.807, 2.05) is 115 Å². The van der Waals surface area contributed by atoms with Crippen LogP contribution in [0.5, 0.6) is 0 Å². The number of para-hydroxylation sites is 2. The molecule has 0 radical (unpaired) electrons. The highest BCUT2D eigenvalue weighted by atomic mass is 31.2. The minimum absolute atomic E-state index is 0.320. The lowest BCUT2D eigenvalue weighted by Crippen LogP contribution is -2.33. The van der Waals surface area contributed by atoms with Gasteiger partial charge < -0.3 is 0 Å². The number of tetrazole rings is 1. The second-order valence-electron chi connectivity index (χ2n) is 8.68. The van der Waals surface area contributed by atoms with Crippen LogP contribution in [0.1, 0.15) is 0 Å². The first-order valence-electron chi connectivity index (χ1n) is 12.5. The molecule has 0 aliphatic carbocycles. The van der Waals surface area contributed by atoms with Gasteiger partial charge in [0, 0.05) is 31.5 Å². The summed E-state index contributed by atoms with van der Waals surface area (Å²) in [6.07, 6.45) is 0. The minimum atomic E-state index is -2.53. The highest BCUT2D eigenvalue weighted by Crippen LogP contribution is 2.46. The van der Waals surface area contributed by atoms with Gasteiger partial charge in [0.25, 0.3) is 0 Å². The van der Waals surface area contributed by atoms with Crippen LogP contribution in [0.4, 0.5) is 5.95 Å². The van der Waals surface area contributed by atoms with Gasteiger partial charge in [-0.05, 0) is 29.1 Å². The number of rotatable bonds is 7. The summed E-state index contributed by atoms with van der Waals surface area (Å²) in [6.45, 7) is 0. The quantitative estimate of drug-likeness (QED) is 0.116. The molecule has 7 nitrogen and oxygen atoms in total. The predicted molar refractivity (Wildman–Crippen MR) is 155 cm³/mol. The van der Waals surface area contributed by atoms with Crippen molar-refractivity contribution in [1.82, 2.24) is 15.1 Å². The number of aromatic nitrogens is 4. The summed E-state index contributed by atoms with van der Waals surface area (Å²) in [4.78, 5) is 6.61. The van der Waals surface area contributed by atoms with Gasteiger partial charge in [-0.1, -0.05) is 132 Å². The van der Waals surface area contributed by atoms with Crippen molar-refractivity contribution >= 4 is 28.9 Å². The first-order chi connectivity index (χ1) is 19.3. The van der Waals surface area contributed by atoms with Gasteiger partial charge in [-0.3, -0.25) is 0 Å². The number of hydrogen-bond donors (Lipinski definition) is 0. The fourth-order valence-electron chi connectivity index (χ4n) is 4.39. The maximum Gasteiger partial charge on any atom is 0.463 e. The molecule has 188 valence electrons. The normalized spacial score (nSPS) is 11.5. The monoisotopic (exact) mass is 526 g/mol. The van der Waals surface area contributed by atoms with Crippen LogP contribution in [0.3, 0.4) is 0 Å². The Morgan fingerprint density at radius 1 is 0.538 bits per heavy atom. The molecule has 0 amide bonds. The van der Waals surface area contributed by atoms with Crippen molar-refractivity contribution in [2.24, 2.45) is 15.2 Å². The summed E-state index contributed by atoms with van der Waals surface area (Å²) < 4.78 is 1.67. The zero-order valence-corrected chi connectivity index (χ0v) is 21.9. The summed E-state index contributed by atoms with van der Waals surface area (Å²) in [5.41, 5.74) is 1.64. The number of hydrogen-bond acceptors (Lipinski definition) is 3. The molecule has 5 aromatic carbocycles. The zero-order valence-electron chi connectivity index (χ0n) is 21.0. The number of nitrogens with zero attached hydrogens (tertiary/aromatic N) is 7. The fraction of sp³-hybridized carbons (Fsp3) is 0. The Hall–Kier alpha value is -5.00. The summed E-state index contributed by atoms with van der Waals surface area (Å²) in [6, 6.07) is 50.5. The van der Waals surface area contributed by atoms with E-state index >= 15 is 0 Å². The van der Waals surface area contributed by atoms with Crippen LogP contribution in [-0.4, -0.2) is 15.1 Å². The molecule has 0 N–H and O–H groups in total. The van der Waals surface area contributed by atoms with E-state index in [2.05, 4.69) is 57.0 Å². The SMILES string of the molecule is c1ccc(-n2nc(/N=N/N=P(c3ccccc3)(c3ccccc3)c3ccccc3)[n+](-c3ccccc3)n2)cc1. The van der Waals surface area contributed by atoms with Crippen molar-refractivity contribution in [3.8, 4) is 11.4 Å². The van der Waals surface area contributed by atoms with E-state index < -0.39 is 7.05 Å². The minimum Gasteiger partial charge on any atom is -0.127 e. The standard InChI is InChI=1S/C31H25N7P/c1-6-16-26(17-7-1)37-31(33-38(36-37)27-18-8-2-9-19-27)32-34-35-39(28-20-10-3-11-21-28,29-22-12-4-13-23-29)30-24-14-5-15-25-30/h1-25H/q+1/b34-32+. The van der Waals surface area contributed by atoms with Gasteiger partial charge in [0.15, 0.2) is 0 Å². The van der Waals surface area contributed by atoms with Crippen LogP contribution in [0.2, 0.25) is 0 Å². The van der Waals surface area contributed by atoms with E-state index in [0.717, 1.165) is 27.3 Å². The lowest BCUT2D eigenvalue weighted by molar-refractivity contribution is -0.649. The van der Waals surface area contributed by atoms with E-state index in [9.17, 15) is 0 Å². The first-order valence-corrected chi connectivity index (χ1v) is 14.3. The summed E-state index contributed by atoms with van der Waals surface area (Å²) in [7, 11) is -2.53. The number of benzene rings is 5. The Morgan fingerprint density at radius 2 is 0.974 bits per heavy atom. The molecule has 1 aromatic heterocycles. The third-order valence-corrected chi connectivity index (χ3v) is 9.72. The highest BCUT2D eigenvalue weighted by molar-refractivity contribution is 7.87. The molecule has 1 heterocycles. The lowest BCUT2D eigenvalue weighted by atomic mass is 10.3. The first kappa shape index (κ1) is 24.3. The molecule has 0 saturated carbocycles. The lowest BCUT2D eigenvalue weighted by Gasteiger charge is -2.24. The Bertz CT molecular complexity index is 1630. The van der Waals surface area contributed by atoms with Gasteiger partial charge in [0.1, 0.15) is 11.4 Å². The topological polar surface area (TPSA) is 71.7 Å². The maximum atomic E-state index is 5.06. The maximum absolute atomic E-state index is 5.06. The van der Waals surface area contributed by atoms with Crippen LogP contribution in [-0.2, 0) is 0 Å². The molecule has 0 bridgehead atoms. The van der Waals surface area contributed by atoms with Gasteiger partial charge in [-0.25, -0.2) is 0 Å². The Morgan fingerprint density at radius 3 is 1.46 bits per heavy atom.